The molecular formula is C14H23N3OS. The largest absolute Gasteiger partial charge is 0.356 e. The number of hydrogen-bond donors (Lipinski definition) is 2. The predicted octanol–water partition coefficient (Wildman–Crippen LogP) is 1.89. The fraction of sp³-hybridized carbons (Fsp3) is 0.714. The second kappa shape index (κ2) is 7.60. The van der Waals surface area contributed by atoms with E-state index in [0.717, 1.165) is 43.2 Å². The molecule has 2 N–H and O–H groups in total. The number of thiazole rings is 1. The van der Waals surface area contributed by atoms with Gasteiger partial charge in [-0.05, 0) is 51.6 Å². The quantitative estimate of drug-likeness (QED) is 0.837. The molecule has 0 bridgehead atoms. The van der Waals surface area contributed by atoms with Crippen molar-refractivity contribution in [1.29, 1.82) is 0 Å². The molecule has 0 saturated carbocycles. The molecule has 19 heavy (non-hydrogen) atoms. The average Bonchev–Trinajstić information content (AvgIpc) is 2.83. The first-order valence-corrected chi connectivity index (χ1v) is 8.00. The highest BCUT2D eigenvalue weighted by Gasteiger charge is 2.13. The van der Waals surface area contributed by atoms with Crippen LogP contribution in [0.25, 0.3) is 0 Å². The highest BCUT2D eigenvalue weighted by Crippen LogP contribution is 2.11. The van der Waals surface area contributed by atoms with E-state index < -0.39 is 0 Å². The van der Waals surface area contributed by atoms with Gasteiger partial charge < -0.3 is 10.6 Å². The van der Waals surface area contributed by atoms with Crippen LogP contribution < -0.4 is 10.6 Å². The minimum absolute atomic E-state index is 0.178. The third-order valence-electron chi connectivity index (χ3n) is 3.49. The molecule has 0 aromatic carbocycles. The van der Waals surface area contributed by atoms with Crippen LogP contribution in [0.1, 0.15) is 36.4 Å². The zero-order valence-electron chi connectivity index (χ0n) is 11.6. The lowest BCUT2D eigenvalue weighted by Crippen LogP contribution is -2.38. The number of nitrogens with one attached hydrogen (secondary N) is 2. The third kappa shape index (κ3) is 5.28. The molecule has 106 valence electrons. The molecule has 1 aliphatic rings. The fourth-order valence-corrected chi connectivity index (χ4v) is 3.05. The first-order valence-electron chi connectivity index (χ1n) is 7.12. The van der Waals surface area contributed by atoms with Gasteiger partial charge in [0.05, 0.1) is 10.7 Å². The highest BCUT2D eigenvalue weighted by molar-refractivity contribution is 7.09. The van der Waals surface area contributed by atoms with Crippen LogP contribution in [0.2, 0.25) is 0 Å². The van der Waals surface area contributed by atoms with Crippen LogP contribution in [0.3, 0.4) is 0 Å². The first-order chi connectivity index (χ1) is 9.24. The van der Waals surface area contributed by atoms with Gasteiger partial charge in [-0.1, -0.05) is 0 Å². The number of nitrogens with zero attached hydrogens (tertiary/aromatic N) is 1. The third-order valence-corrected chi connectivity index (χ3v) is 4.31. The summed E-state index contributed by atoms with van der Waals surface area (Å²) in [6.07, 6.45) is 4.85. The summed E-state index contributed by atoms with van der Waals surface area (Å²) >= 11 is 1.67. The number of amides is 1. The second-order valence-corrected chi connectivity index (χ2v) is 6.29. The van der Waals surface area contributed by atoms with Gasteiger partial charge >= 0.3 is 0 Å². The van der Waals surface area contributed by atoms with E-state index >= 15 is 0 Å². The predicted molar refractivity (Wildman–Crippen MR) is 78.4 cm³/mol. The van der Waals surface area contributed by atoms with E-state index in [-0.39, 0.29) is 5.91 Å². The Morgan fingerprint density at radius 2 is 2.53 bits per heavy atom. The van der Waals surface area contributed by atoms with Gasteiger partial charge in [-0.2, -0.15) is 0 Å². The van der Waals surface area contributed by atoms with E-state index in [4.69, 9.17) is 0 Å². The summed E-state index contributed by atoms with van der Waals surface area (Å²) in [5.74, 6) is 0.788. The first kappa shape index (κ1) is 14.5. The number of aryl methyl sites for hydroxylation is 2. The summed E-state index contributed by atoms with van der Waals surface area (Å²) < 4.78 is 0. The van der Waals surface area contributed by atoms with Gasteiger partial charge in [0.1, 0.15) is 0 Å². The lowest BCUT2D eigenvalue weighted by Gasteiger charge is -2.22. The van der Waals surface area contributed by atoms with Crippen molar-refractivity contribution in [3.05, 3.63) is 16.1 Å². The molecular weight excluding hydrogens is 258 g/mol. The van der Waals surface area contributed by atoms with E-state index in [1.807, 2.05) is 6.92 Å². The lowest BCUT2D eigenvalue weighted by atomic mass is 10.00. The number of rotatable bonds is 6. The Morgan fingerprint density at radius 1 is 1.63 bits per heavy atom. The van der Waals surface area contributed by atoms with Gasteiger partial charge in [0.2, 0.25) is 5.91 Å². The molecule has 0 aliphatic carbocycles. The molecule has 5 heteroatoms. The van der Waals surface area contributed by atoms with Crippen LogP contribution in [-0.4, -0.2) is 30.5 Å². The molecule has 1 fully saturated rings. The molecule has 1 aliphatic heterocycles. The number of aromatic nitrogens is 1. The minimum atomic E-state index is 0.178. The summed E-state index contributed by atoms with van der Waals surface area (Å²) in [6, 6.07) is 0. The maximum Gasteiger partial charge on any atom is 0.220 e. The molecule has 1 amide bonds. The zero-order chi connectivity index (χ0) is 13.5. The van der Waals surface area contributed by atoms with Crippen molar-refractivity contribution in [2.24, 2.45) is 5.92 Å². The van der Waals surface area contributed by atoms with Gasteiger partial charge in [0.15, 0.2) is 0 Å². The van der Waals surface area contributed by atoms with Crippen molar-refractivity contribution in [3.8, 4) is 0 Å². The monoisotopic (exact) mass is 281 g/mol. The molecule has 0 spiro atoms. The minimum Gasteiger partial charge on any atom is -0.356 e. The van der Waals surface area contributed by atoms with Crippen LogP contribution >= 0.6 is 11.3 Å². The molecule has 1 unspecified atom stereocenters. The zero-order valence-corrected chi connectivity index (χ0v) is 12.4. The molecule has 1 atom stereocenters. The van der Waals surface area contributed by atoms with E-state index in [0.29, 0.717) is 12.3 Å². The molecule has 2 heterocycles. The van der Waals surface area contributed by atoms with Crippen LogP contribution in [0, 0.1) is 12.8 Å². The molecule has 4 nitrogen and oxygen atoms in total. The Bertz CT molecular complexity index is 399. The summed E-state index contributed by atoms with van der Waals surface area (Å²) in [6.45, 7) is 5.00. The Morgan fingerprint density at radius 3 is 3.21 bits per heavy atom. The average molecular weight is 281 g/mol. The second-order valence-electron chi connectivity index (χ2n) is 5.23. The van der Waals surface area contributed by atoms with Crippen molar-refractivity contribution in [3.63, 3.8) is 0 Å². The van der Waals surface area contributed by atoms with Crippen molar-refractivity contribution < 1.29 is 4.79 Å². The standard InChI is InChI=1S/C14H23N3OS/c1-11-17-13(10-19-11)5-2-6-14(18)16-9-12-4-3-7-15-8-12/h10,12,15H,2-9H2,1H3,(H,16,18). The fourth-order valence-electron chi connectivity index (χ4n) is 2.40. The van der Waals surface area contributed by atoms with Crippen molar-refractivity contribution in [2.75, 3.05) is 19.6 Å². The Hall–Kier alpha value is -0.940. The van der Waals surface area contributed by atoms with Crippen LogP contribution in [0.15, 0.2) is 5.38 Å². The Kier molecular flexibility index (Phi) is 5.79. The normalized spacial score (nSPS) is 19.3. The molecule has 0 radical (unpaired) electrons. The van der Waals surface area contributed by atoms with E-state index in [1.165, 1.54) is 12.8 Å². The Labute approximate surface area is 119 Å². The molecule has 1 aromatic rings. The number of piperidine rings is 1. The van der Waals surface area contributed by atoms with Gasteiger partial charge in [-0.15, -0.1) is 11.3 Å². The summed E-state index contributed by atoms with van der Waals surface area (Å²) in [4.78, 5) is 16.1. The number of carbonyl (C=O) groups is 1. The van der Waals surface area contributed by atoms with Crippen LogP contribution in [0.5, 0.6) is 0 Å². The summed E-state index contributed by atoms with van der Waals surface area (Å²) in [5, 5.41) is 9.60. The number of hydrogen-bond acceptors (Lipinski definition) is 4. The van der Waals surface area contributed by atoms with E-state index in [1.54, 1.807) is 11.3 Å². The summed E-state index contributed by atoms with van der Waals surface area (Å²) in [7, 11) is 0. The van der Waals surface area contributed by atoms with E-state index in [9.17, 15) is 4.79 Å². The maximum atomic E-state index is 11.7. The van der Waals surface area contributed by atoms with Crippen molar-refractivity contribution in [1.82, 2.24) is 15.6 Å². The Balaban J connectivity index is 1.56. The van der Waals surface area contributed by atoms with Gasteiger partial charge in [-0.3, -0.25) is 4.79 Å². The van der Waals surface area contributed by atoms with Gasteiger partial charge in [-0.25, -0.2) is 4.98 Å². The smallest absolute Gasteiger partial charge is 0.220 e. The lowest BCUT2D eigenvalue weighted by molar-refractivity contribution is -0.121. The molecule has 1 aromatic heterocycles. The van der Waals surface area contributed by atoms with Gasteiger partial charge in [0, 0.05) is 18.3 Å². The van der Waals surface area contributed by atoms with Crippen molar-refractivity contribution in [2.45, 2.75) is 39.0 Å². The highest BCUT2D eigenvalue weighted by atomic mass is 32.1. The summed E-state index contributed by atoms with van der Waals surface area (Å²) in [5.41, 5.74) is 1.12. The SMILES string of the molecule is Cc1nc(CCCC(=O)NCC2CCCNC2)cs1. The van der Waals surface area contributed by atoms with Crippen LogP contribution in [0.4, 0.5) is 0 Å². The van der Waals surface area contributed by atoms with Crippen molar-refractivity contribution >= 4 is 17.2 Å². The topological polar surface area (TPSA) is 54.0 Å². The van der Waals surface area contributed by atoms with E-state index in [2.05, 4.69) is 21.0 Å². The van der Waals surface area contributed by atoms with Gasteiger partial charge in [0.25, 0.3) is 0 Å². The van der Waals surface area contributed by atoms with Crippen LogP contribution in [-0.2, 0) is 11.2 Å². The number of carbonyl (C=O) groups excluding carboxylic acids is 1. The molecule has 1 saturated heterocycles. The molecule has 2 rings (SSSR count). The maximum absolute atomic E-state index is 11.7.